The largest absolute Gasteiger partial charge is 0.461 e. The molecule has 0 aliphatic heterocycles. The first-order valence-electron chi connectivity index (χ1n) is 5.03. The van der Waals surface area contributed by atoms with Gasteiger partial charge in [-0.2, -0.15) is 0 Å². The van der Waals surface area contributed by atoms with Crippen LogP contribution in [0.2, 0.25) is 15.1 Å². The molecule has 0 radical (unpaired) electrons. The number of halogens is 3. The number of benzene rings is 1. The topological polar surface area (TPSA) is 52.1 Å². The Hall–Kier alpha value is -1.10. The molecule has 0 saturated carbocycles. The summed E-state index contributed by atoms with van der Waals surface area (Å²) in [7, 11) is 0. The quantitative estimate of drug-likeness (QED) is 0.793. The molecule has 0 amide bonds. The SMILES string of the molecule is CCOC(=O)c1nnc2c(Cl)c(Cl)ccc2c1Cl. The summed E-state index contributed by atoms with van der Waals surface area (Å²) in [6.45, 7) is 1.92. The zero-order valence-corrected chi connectivity index (χ0v) is 11.5. The molecular formula is C11H7Cl3N2O2. The van der Waals surface area contributed by atoms with Crippen molar-refractivity contribution in [2.24, 2.45) is 0 Å². The van der Waals surface area contributed by atoms with E-state index in [1.807, 2.05) is 0 Å². The van der Waals surface area contributed by atoms with Gasteiger partial charge >= 0.3 is 5.97 Å². The summed E-state index contributed by atoms with van der Waals surface area (Å²) < 4.78 is 4.83. The second-order valence-electron chi connectivity index (χ2n) is 3.34. The molecular weight excluding hydrogens is 298 g/mol. The lowest BCUT2D eigenvalue weighted by atomic mass is 10.2. The van der Waals surface area contributed by atoms with Gasteiger partial charge in [0.05, 0.1) is 21.7 Å². The summed E-state index contributed by atoms with van der Waals surface area (Å²) in [6.07, 6.45) is 0. The lowest BCUT2D eigenvalue weighted by molar-refractivity contribution is 0.0518. The van der Waals surface area contributed by atoms with Crippen molar-refractivity contribution in [3.05, 3.63) is 32.9 Å². The van der Waals surface area contributed by atoms with Crippen LogP contribution < -0.4 is 0 Å². The Morgan fingerprint density at radius 1 is 1.22 bits per heavy atom. The van der Waals surface area contributed by atoms with Crippen LogP contribution in [0.15, 0.2) is 12.1 Å². The molecule has 0 aliphatic rings. The van der Waals surface area contributed by atoms with E-state index in [2.05, 4.69) is 10.2 Å². The molecule has 94 valence electrons. The number of aromatic nitrogens is 2. The summed E-state index contributed by atoms with van der Waals surface area (Å²) in [4.78, 5) is 11.6. The van der Waals surface area contributed by atoms with Gasteiger partial charge < -0.3 is 4.74 Å². The molecule has 1 aromatic carbocycles. The van der Waals surface area contributed by atoms with Crippen LogP contribution in [0.3, 0.4) is 0 Å². The maximum absolute atomic E-state index is 11.6. The van der Waals surface area contributed by atoms with Gasteiger partial charge in [0, 0.05) is 5.39 Å². The number of ether oxygens (including phenoxy) is 1. The Morgan fingerprint density at radius 3 is 2.61 bits per heavy atom. The van der Waals surface area contributed by atoms with Crippen LogP contribution in [0, 0.1) is 0 Å². The average molecular weight is 306 g/mol. The molecule has 0 bridgehead atoms. The summed E-state index contributed by atoms with van der Waals surface area (Å²) >= 11 is 17.9. The Bertz CT molecular complexity index is 631. The molecule has 0 unspecified atom stereocenters. The highest BCUT2D eigenvalue weighted by Crippen LogP contribution is 2.33. The first-order valence-corrected chi connectivity index (χ1v) is 6.16. The van der Waals surface area contributed by atoms with Crippen LogP contribution in [-0.4, -0.2) is 22.8 Å². The van der Waals surface area contributed by atoms with E-state index < -0.39 is 5.97 Å². The zero-order valence-electron chi connectivity index (χ0n) is 9.21. The summed E-state index contributed by atoms with van der Waals surface area (Å²) in [5.74, 6) is -0.622. The van der Waals surface area contributed by atoms with Crippen LogP contribution in [0.1, 0.15) is 17.4 Å². The van der Waals surface area contributed by atoms with E-state index >= 15 is 0 Å². The highest BCUT2D eigenvalue weighted by molar-refractivity contribution is 6.46. The molecule has 0 saturated heterocycles. The minimum absolute atomic E-state index is 0.0376. The lowest BCUT2D eigenvalue weighted by Gasteiger charge is -2.06. The molecule has 1 aromatic heterocycles. The molecule has 2 rings (SSSR count). The Kier molecular flexibility index (Phi) is 3.90. The number of carbonyl (C=O) groups excluding carboxylic acids is 1. The second-order valence-corrected chi connectivity index (χ2v) is 4.50. The maximum atomic E-state index is 11.6. The molecule has 0 N–H and O–H groups in total. The predicted octanol–water partition coefficient (Wildman–Crippen LogP) is 3.77. The third kappa shape index (κ3) is 2.23. The fourth-order valence-corrected chi connectivity index (χ4v) is 2.04. The summed E-state index contributed by atoms with van der Waals surface area (Å²) in [6, 6.07) is 3.21. The standard InChI is InChI=1S/C11H7Cl3N2O2/c1-2-18-11(17)10-7(13)5-3-4-6(12)8(14)9(5)15-16-10/h3-4H,2H2,1H3. The molecule has 0 spiro atoms. The van der Waals surface area contributed by atoms with Crippen molar-refractivity contribution in [1.82, 2.24) is 10.2 Å². The van der Waals surface area contributed by atoms with Crippen molar-refractivity contribution in [3.8, 4) is 0 Å². The Labute approximate surface area is 118 Å². The van der Waals surface area contributed by atoms with Crippen molar-refractivity contribution in [2.75, 3.05) is 6.61 Å². The third-order valence-corrected chi connectivity index (χ3v) is 3.41. The fourth-order valence-electron chi connectivity index (χ4n) is 1.42. The molecule has 0 aliphatic carbocycles. The second kappa shape index (κ2) is 5.26. The van der Waals surface area contributed by atoms with Gasteiger partial charge in [0.25, 0.3) is 0 Å². The first kappa shape index (κ1) is 13.3. The van der Waals surface area contributed by atoms with E-state index in [0.717, 1.165) is 0 Å². The van der Waals surface area contributed by atoms with Crippen LogP contribution in [0.5, 0.6) is 0 Å². The lowest BCUT2D eigenvalue weighted by Crippen LogP contribution is -2.09. The minimum Gasteiger partial charge on any atom is -0.461 e. The molecule has 0 fully saturated rings. The van der Waals surface area contributed by atoms with Crippen molar-refractivity contribution in [1.29, 1.82) is 0 Å². The zero-order chi connectivity index (χ0) is 13.3. The molecule has 18 heavy (non-hydrogen) atoms. The van der Waals surface area contributed by atoms with Crippen LogP contribution in [0.25, 0.3) is 10.9 Å². The summed E-state index contributed by atoms with van der Waals surface area (Å²) in [5, 5.41) is 8.83. The van der Waals surface area contributed by atoms with Crippen molar-refractivity contribution in [3.63, 3.8) is 0 Å². The number of carbonyl (C=O) groups is 1. The van der Waals surface area contributed by atoms with E-state index in [1.54, 1.807) is 19.1 Å². The van der Waals surface area contributed by atoms with Crippen LogP contribution in [-0.2, 0) is 4.74 Å². The van der Waals surface area contributed by atoms with Crippen molar-refractivity contribution < 1.29 is 9.53 Å². The molecule has 7 heteroatoms. The van der Waals surface area contributed by atoms with E-state index in [-0.39, 0.29) is 22.3 Å². The van der Waals surface area contributed by atoms with Gasteiger partial charge in [-0.1, -0.05) is 34.8 Å². The smallest absolute Gasteiger partial charge is 0.360 e. The monoisotopic (exact) mass is 304 g/mol. The highest BCUT2D eigenvalue weighted by Gasteiger charge is 2.18. The number of esters is 1. The number of fused-ring (bicyclic) bond motifs is 1. The number of rotatable bonds is 2. The molecule has 0 atom stereocenters. The molecule has 1 heterocycles. The van der Waals surface area contributed by atoms with Gasteiger partial charge in [0.2, 0.25) is 0 Å². The van der Waals surface area contributed by atoms with E-state index in [9.17, 15) is 4.79 Å². The Balaban J connectivity index is 2.65. The predicted molar refractivity (Wildman–Crippen MR) is 70.5 cm³/mol. The van der Waals surface area contributed by atoms with Crippen molar-refractivity contribution in [2.45, 2.75) is 6.92 Å². The van der Waals surface area contributed by atoms with Gasteiger partial charge in [0.15, 0.2) is 5.69 Å². The average Bonchev–Trinajstić information content (AvgIpc) is 2.34. The first-order chi connectivity index (χ1) is 8.56. The van der Waals surface area contributed by atoms with E-state index in [0.29, 0.717) is 15.9 Å². The third-order valence-electron chi connectivity index (χ3n) is 2.23. The number of hydrogen-bond donors (Lipinski definition) is 0. The normalized spacial score (nSPS) is 10.7. The summed E-state index contributed by atoms with van der Waals surface area (Å²) in [5.41, 5.74) is 0.312. The molecule has 4 nitrogen and oxygen atoms in total. The van der Waals surface area contributed by atoms with Crippen LogP contribution >= 0.6 is 34.8 Å². The Morgan fingerprint density at radius 2 is 1.94 bits per heavy atom. The number of hydrogen-bond acceptors (Lipinski definition) is 4. The van der Waals surface area contributed by atoms with E-state index in [1.165, 1.54) is 0 Å². The maximum Gasteiger partial charge on any atom is 0.360 e. The van der Waals surface area contributed by atoms with Crippen molar-refractivity contribution >= 4 is 51.7 Å². The van der Waals surface area contributed by atoms with E-state index in [4.69, 9.17) is 39.5 Å². The molecule has 2 aromatic rings. The minimum atomic E-state index is -0.622. The van der Waals surface area contributed by atoms with Crippen LogP contribution in [0.4, 0.5) is 0 Å². The number of nitrogens with zero attached hydrogens (tertiary/aromatic N) is 2. The van der Waals surface area contributed by atoms with Gasteiger partial charge in [-0.3, -0.25) is 0 Å². The highest BCUT2D eigenvalue weighted by atomic mass is 35.5. The van der Waals surface area contributed by atoms with Gasteiger partial charge in [-0.05, 0) is 19.1 Å². The van der Waals surface area contributed by atoms with Gasteiger partial charge in [-0.25, -0.2) is 4.79 Å². The fraction of sp³-hybridized carbons (Fsp3) is 0.182. The van der Waals surface area contributed by atoms with Gasteiger partial charge in [0.1, 0.15) is 5.52 Å². The van der Waals surface area contributed by atoms with Gasteiger partial charge in [-0.15, -0.1) is 10.2 Å².